The summed E-state index contributed by atoms with van der Waals surface area (Å²) in [6, 6.07) is 4.15. The van der Waals surface area contributed by atoms with Gasteiger partial charge in [-0.2, -0.15) is 0 Å². The minimum absolute atomic E-state index is 0.0384. The van der Waals surface area contributed by atoms with Crippen LogP contribution in [0.3, 0.4) is 0 Å². The summed E-state index contributed by atoms with van der Waals surface area (Å²) in [5.74, 6) is -1.16. The maximum absolute atomic E-state index is 13.8. The summed E-state index contributed by atoms with van der Waals surface area (Å²) in [4.78, 5) is 24.4. The van der Waals surface area contributed by atoms with Gasteiger partial charge in [0, 0.05) is 17.5 Å². The summed E-state index contributed by atoms with van der Waals surface area (Å²) >= 11 is 0. The Morgan fingerprint density at radius 1 is 1.10 bits per heavy atom. The molecule has 1 N–H and O–H groups in total. The zero-order chi connectivity index (χ0) is 23.3. The summed E-state index contributed by atoms with van der Waals surface area (Å²) in [6.45, 7) is 9.56. The van der Waals surface area contributed by atoms with Gasteiger partial charge in [-0.05, 0) is 42.9 Å². The summed E-state index contributed by atoms with van der Waals surface area (Å²) in [5, 5.41) is 2.70. The lowest BCUT2D eigenvalue weighted by atomic mass is 9.79. The van der Waals surface area contributed by atoms with Crippen molar-refractivity contribution in [2.75, 3.05) is 12.4 Å². The lowest BCUT2D eigenvalue weighted by molar-refractivity contribution is -0.222. The fourth-order valence-electron chi connectivity index (χ4n) is 3.85. The highest BCUT2D eigenvalue weighted by molar-refractivity contribution is 5.92. The van der Waals surface area contributed by atoms with E-state index in [1.165, 1.54) is 25.3 Å². The Balaban J connectivity index is 2.25. The van der Waals surface area contributed by atoms with Gasteiger partial charge in [0.1, 0.15) is 5.75 Å². The van der Waals surface area contributed by atoms with Crippen LogP contribution in [-0.4, -0.2) is 31.4 Å². The van der Waals surface area contributed by atoms with Crippen LogP contribution in [0.15, 0.2) is 18.2 Å². The fourth-order valence-corrected chi connectivity index (χ4v) is 3.85. The van der Waals surface area contributed by atoms with E-state index in [0.717, 1.165) is 0 Å². The number of amides is 1. The van der Waals surface area contributed by atoms with E-state index in [-0.39, 0.29) is 46.6 Å². The number of methoxy groups -OCH3 is 1. The molecule has 5 unspecified atom stereocenters. The van der Waals surface area contributed by atoms with Gasteiger partial charge >= 0.3 is 5.97 Å². The van der Waals surface area contributed by atoms with Crippen LogP contribution < -0.4 is 10.1 Å². The molecule has 0 aliphatic carbocycles. The molecule has 1 aliphatic heterocycles. The van der Waals surface area contributed by atoms with Crippen molar-refractivity contribution in [2.45, 2.75) is 66.3 Å². The summed E-state index contributed by atoms with van der Waals surface area (Å²) in [7, 11) is 1.28. The van der Waals surface area contributed by atoms with Gasteiger partial charge in [-0.15, -0.1) is 0 Å². The minimum Gasteiger partial charge on any atom is -0.467 e. The third kappa shape index (κ3) is 5.73. The van der Waals surface area contributed by atoms with E-state index < -0.39 is 24.8 Å². The molecule has 1 aliphatic rings. The number of hydrogen-bond donors (Lipinski definition) is 1. The molecule has 0 saturated carbocycles. The lowest BCUT2D eigenvalue weighted by Gasteiger charge is -2.42. The zero-order valence-electron chi connectivity index (χ0n) is 19.0. The summed E-state index contributed by atoms with van der Waals surface area (Å²) in [5.41, 5.74) is -0.0642. The van der Waals surface area contributed by atoms with Crippen molar-refractivity contribution in [3.63, 3.8) is 0 Å². The second kappa shape index (κ2) is 10.9. The van der Waals surface area contributed by atoms with Gasteiger partial charge in [0.15, 0.2) is 6.10 Å². The van der Waals surface area contributed by atoms with Crippen LogP contribution in [0.1, 0.15) is 59.4 Å². The van der Waals surface area contributed by atoms with Gasteiger partial charge in [0.25, 0.3) is 6.43 Å². The molecule has 31 heavy (non-hydrogen) atoms. The molecule has 1 heterocycles. The molecule has 8 heteroatoms. The van der Waals surface area contributed by atoms with Crippen LogP contribution in [0.2, 0.25) is 0 Å². The predicted octanol–water partition coefficient (Wildman–Crippen LogP) is 5.18. The molecular formula is C23H33F2NO5. The third-order valence-electron chi connectivity index (χ3n) is 6.39. The molecule has 0 spiro atoms. The minimum atomic E-state index is -2.81. The molecule has 1 amide bonds. The van der Waals surface area contributed by atoms with Crippen molar-refractivity contribution in [1.82, 2.24) is 0 Å². The maximum Gasteiger partial charge on any atom is 0.335 e. The average molecular weight is 442 g/mol. The van der Waals surface area contributed by atoms with Crippen LogP contribution in [0.25, 0.3) is 0 Å². The molecule has 0 radical (unpaired) electrons. The van der Waals surface area contributed by atoms with Crippen LogP contribution in [0.4, 0.5) is 14.5 Å². The standard InChI is InChI=1S/C23H33F2NO5/c1-7-15(8-2)21(27)26-16-9-10-18(17(11-16)20(24)25)30-23-14(5)12(3)13(4)19(31-23)22(28)29-6/h9-15,19-20,23H,7-8H2,1-6H3,(H,26,27). The monoisotopic (exact) mass is 441 g/mol. The number of benzene rings is 1. The fraction of sp³-hybridized carbons (Fsp3) is 0.652. The van der Waals surface area contributed by atoms with E-state index in [1.807, 2.05) is 34.6 Å². The van der Waals surface area contributed by atoms with Crippen molar-refractivity contribution < 1.29 is 32.6 Å². The van der Waals surface area contributed by atoms with E-state index in [2.05, 4.69) is 5.32 Å². The highest BCUT2D eigenvalue weighted by Gasteiger charge is 2.44. The SMILES string of the molecule is CCC(CC)C(=O)Nc1ccc(OC2OC(C(=O)OC)C(C)C(C)C2C)c(C(F)F)c1. The molecular weight excluding hydrogens is 408 g/mol. The smallest absolute Gasteiger partial charge is 0.335 e. The molecule has 174 valence electrons. The average Bonchev–Trinajstić information content (AvgIpc) is 2.75. The Morgan fingerprint density at radius 2 is 1.74 bits per heavy atom. The van der Waals surface area contributed by atoms with Gasteiger partial charge in [-0.25, -0.2) is 13.6 Å². The van der Waals surface area contributed by atoms with E-state index in [9.17, 15) is 18.4 Å². The zero-order valence-corrected chi connectivity index (χ0v) is 19.0. The number of hydrogen-bond acceptors (Lipinski definition) is 5. The molecule has 1 saturated heterocycles. The van der Waals surface area contributed by atoms with Crippen molar-refractivity contribution in [1.29, 1.82) is 0 Å². The molecule has 1 aromatic rings. The Labute approximate surface area is 182 Å². The molecule has 5 atom stereocenters. The molecule has 2 rings (SSSR count). The highest BCUT2D eigenvalue weighted by Crippen LogP contribution is 2.39. The number of carbonyl (C=O) groups excluding carboxylic acids is 2. The first-order valence-corrected chi connectivity index (χ1v) is 10.8. The van der Waals surface area contributed by atoms with Gasteiger partial charge in [-0.1, -0.05) is 34.6 Å². The second-order valence-corrected chi connectivity index (χ2v) is 8.20. The Bertz CT molecular complexity index is 768. The lowest BCUT2D eigenvalue weighted by Crippen LogP contribution is -2.50. The highest BCUT2D eigenvalue weighted by atomic mass is 19.3. The molecule has 0 bridgehead atoms. The number of alkyl halides is 2. The normalized spacial score (nSPS) is 26.1. The second-order valence-electron chi connectivity index (χ2n) is 8.20. The van der Waals surface area contributed by atoms with E-state index in [4.69, 9.17) is 14.2 Å². The van der Waals surface area contributed by atoms with Crippen molar-refractivity contribution in [2.24, 2.45) is 23.7 Å². The number of esters is 1. The number of nitrogens with one attached hydrogen (secondary N) is 1. The van der Waals surface area contributed by atoms with Crippen LogP contribution in [-0.2, 0) is 19.1 Å². The van der Waals surface area contributed by atoms with Crippen LogP contribution >= 0.6 is 0 Å². The Kier molecular flexibility index (Phi) is 8.79. The first-order valence-electron chi connectivity index (χ1n) is 10.8. The number of halogens is 2. The molecule has 1 aromatic carbocycles. The van der Waals surface area contributed by atoms with E-state index >= 15 is 0 Å². The van der Waals surface area contributed by atoms with Crippen molar-refractivity contribution in [3.8, 4) is 5.75 Å². The largest absolute Gasteiger partial charge is 0.467 e. The Morgan fingerprint density at radius 3 is 2.29 bits per heavy atom. The topological polar surface area (TPSA) is 73.9 Å². The van der Waals surface area contributed by atoms with Gasteiger partial charge in [0.2, 0.25) is 12.2 Å². The van der Waals surface area contributed by atoms with Gasteiger partial charge in [-0.3, -0.25) is 4.79 Å². The van der Waals surface area contributed by atoms with E-state index in [0.29, 0.717) is 12.8 Å². The van der Waals surface area contributed by atoms with Crippen LogP contribution in [0, 0.1) is 23.7 Å². The van der Waals surface area contributed by atoms with Crippen LogP contribution in [0.5, 0.6) is 5.75 Å². The summed E-state index contributed by atoms with van der Waals surface area (Å²) < 4.78 is 44.0. The molecule has 1 fully saturated rings. The van der Waals surface area contributed by atoms with E-state index in [1.54, 1.807) is 0 Å². The third-order valence-corrected chi connectivity index (χ3v) is 6.39. The molecule has 0 aromatic heterocycles. The van der Waals surface area contributed by atoms with Gasteiger partial charge in [0.05, 0.1) is 12.7 Å². The number of ether oxygens (including phenoxy) is 3. The quantitative estimate of drug-likeness (QED) is 0.563. The van der Waals surface area contributed by atoms with Gasteiger partial charge < -0.3 is 19.5 Å². The first kappa shape index (κ1) is 25.0. The van der Waals surface area contributed by atoms with Crippen molar-refractivity contribution in [3.05, 3.63) is 23.8 Å². The molecule has 6 nitrogen and oxygen atoms in total. The first-order chi connectivity index (χ1) is 14.6. The number of anilines is 1. The van der Waals surface area contributed by atoms with Crippen molar-refractivity contribution >= 4 is 17.6 Å². The predicted molar refractivity (Wildman–Crippen MR) is 113 cm³/mol. The number of rotatable bonds is 8. The Hall–Kier alpha value is -2.22. The maximum atomic E-state index is 13.8. The summed E-state index contributed by atoms with van der Waals surface area (Å²) in [6.07, 6.45) is -3.21. The number of carbonyl (C=O) groups is 2.